The first-order chi connectivity index (χ1) is 10.2. The molecule has 0 saturated carbocycles. The second-order valence-electron chi connectivity index (χ2n) is 4.68. The molecule has 0 bridgehead atoms. The summed E-state index contributed by atoms with van der Waals surface area (Å²) in [6, 6.07) is 3.89. The van der Waals surface area contributed by atoms with Gasteiger partial charge >= 0.3 is 0 Å². The molecule has 23 heavy (non-hydrogen) atoms. The van der Waals surface area contributed by atoms with E-state index in [0.29, 0.717) is 5.56 Å². The smallest absolute Gasteiger partial charge is 0.282 e. The third-order valence-electron chi connectivity index (χ3n) is 2.98. The Kier molecular flexibility index (Phi) is 4.04. The quantitative estimate of drug-likeness (QED) is 0.654. The average Bonchev–Trinajstić information content (AvgIpc) is 2.32. The van der Waals surface area contributed by atoms with Crippen LogP contribution in [-0.2, 0) is 30.4 Å². The highest BCUT2D eigenvalue weighted by molar-refractivity contribution is 7.89. The minimum atomic E-state index is -5.22. The van der Waals surface area contributed by atoms with E-state index in [9.17, 15) is 38.9 Å². The van der Waals surface area contributed by atoms with Gasteiger partial charge in [-0.05, 0) is 19.1 Å². The van der Waals surface area contributed by atoms with E-state index in [-0.39, 0.29) is 11.5 Å². The highest BCUT2D eigenvalue weighted by atomic mass is 32.2. The highest BCUT2D eigenvalue weighted by Crippen LogP contribution is 2.35. The van der Waals surface area contributed by atoms with Gasteiger partial charge < -0.3 is 0 Å². The number of aryl methyl sites for hydroxylation is 1. The third-order valence-corrected chi connectivity index (χ3v) is 5.84. The molecule has 0 radical (unpaired) electrons. The number of rotatable bonds is 3. The number of fused-ring (bicyclic) bond motifs is 1. The van der Waals surface area contributed by atoms with Gasteiger partial charge in [-0.1, -0.05) is 17.7 Å². The standard InChI is InChI=1S/C11H10O9S3/c1-6-2-3-7-8(4-6)11(23(18,19)20)10(22(15,16)17)5-9(7)21(12,13)14/h2-5H,1H3,(H,12,13,14)(H,15,16,17)(H,18,19,20). The molecule has 12 heteroatoms. The normalized spacial score (nSPS) is 13.4. The SMILES string of the molecule is Cc1ccc2c(S(=O)(=O)O)cc(S(=O)(=O)O)c(S(=O)(=O)O)c2c1. The fourth-order valence-electron chi connectivity index (χ4n) is 2.13. The molecule has 0 aliphatic rings. The van der Waals surface area contributed by atoms with Crippen LogP contribution < -0.4 is 0 Å². The van der Waals surface area contributed by atoms with E-state index in [2.05, 4.69) is 0 Å². The largest absolute Gasteiger partial charge is 0.296 e. The minimum absolute atomic E-state index is 0.269. The van der Waals surface area contributed by atoms with Crippen molar-refractivity contribution in [2.24, 2.45) is 0 Å². The molecule has 0 aliphatic heterocycles. The molecule has 0 unspecified atom stereocenters. The van der Waals surface area contributed by atoms with Crippen LogP contribution in [0, 0.1) is 6.92 Å². The van der Waals surface area contributed by atoms with Crippen molar-refractivity contribution in [3.8, 4) is 0 Å². The highest BCUT2D eigenvalue weighted by Gasteiger charge is 2.30. The Bertz CT molecular complexity index is 1130. The van der Waals surface area contributed by atoms with Gasteiger partial charge in [-0.3, -0.25) is 13.7 Å². The lowest BCUT2D eigenvalue weighted by molar-refractivity contribution is 0.466. The van der Waals surface area contributed by atoms with Crippen molar-refractivity contribution in [1.82, 2.24) is 0 Å². The number of hydrogen-bond donors (Lipinski definition) is 3. The van der Waals surface area contributed by atoms with Crippen molar-refractivity contribution in [1.29, 1.82) is 0 Å². The summed E-state index contributed by atoms with van der Waals surface area (Å²) >= 11 is 0. The monoisotopic (exact) mass is 382 g/mol. The van der Waals surface area contributed by atoms with E-state index in [4.69, 9.17) is 0 Å². The van der Waals surface area contributed by atoms with Crippen LogP contribution in [0.15, 0.2) is 39.0 Å². The Morgan fingerprint density at radius 2 is 1.22 bits per heavy atom. The fourth-order valence-corrected chi connectivity index (χ4v) is 4.93. The van der Waals surface area contributed by atoms with Crippen LogP contribution in [0.5, 0.6) is 0 Å². The van der Waals surface area contributed by atoms with E-state index in [1.807, 2.05) is 0 Å². The van der Waals surface area contributed by atoms with Gasteiger partial charge in [0.1, 0.15) is 14.7 Å². The summed E-state index contributed by atoms with van der Waals surface area (Å²) in [5.41, 5.74) is 0.413. The van der Waals surface area contributed by atoms with Crippen molar-refractivity contribution in [3.05, 3.63) is 29.8 Å². The first-order valence-electron chi connectivity index (χ1n) is 5.73. The molecule has 0 aromatic heterocycles. The van der Waals surface area contributed by atoms with E-state index in [0.717, 1.165) is 12.1 Å². The summed E-state index contributed by atoms with van der Waals surface area (Å²) in [6.07, 6.45) is 0. The average molecular weight is 382 g/mol. The molecule has 0 saturated heterocycles. The molecule has 2 aromatic carbocycles. The van der Waals surface area contributed by atoms with Gasteiger partial charge in [0.2, 0.25) is 0 Å². The van der Waals surface area contributed by atoms with Crippen LogP contribution in [0.3, 0.4) is 0 Å². The van der Waals surface area contributed by atoms with Crippen LogP contribution in [0.4, 0.5) is 0 Å². The molecular formula is C11H10O9S3. The van der Waals surface area contributed by atoms with E-state index in [1.54, 1.807) is 0 Å². The topological polar surface area (TPSA) is 163 Å². The Hall–Kier alpha value is -1.57. The van der Waals surface area contributed by atoms with Crippen LogP contribution in [0.1, 0.15) is 5.56 Å². The zero-order valence-electron chi connectivity index (χ0n) is 11.3. The number of benzene rings is 2. The van der Waals surface area contributed by atoms with Crippen molar-refractivity contribution in [3.63, 3.8) is 0 Å². The Morgan fingerprint density at radius 1 is 0.696 bits per heavy atom. The molecule has 2 rings (SSSR count). The zero-order valence-corrected chi connectivity index (χ0v) is 13.8. The summed E-state index contributed by atoms with van der Waals surface area (Å²) < 4.78 is 96.5. The van der Waals surface area contributed by atoms with E-state index >= 15 is 0 Å². The summed E-state index contributed by atoms with van der Waals surface area (Å²) in [5.74, 6) is 0. The van der Waals surface area contributed by atoms with Crippen molar-refractivity contribution in [2.75, 3.05) is 0 Å². The zero-order chi connectivity index (χ0) is 17.8. The lowest BCUT2D eigenvalue weighted by atomic mass is 10.1. The molecule has 0 aliphatic carbocycles. The first-order valence-corrected chi connectivity index (χ1v) is 10.0. The van der Waals surface area contributed by atoms with Crippen molar-refractivity contribution < 1.29 is 38.9 Å². The summed E-state index contributed by atoms with van der Waals surface area (Å²) in [5, 5.41) is -0.812. The molecular weight excluding hydrogens is 372 g/mol. The van der Waals surface area contributed by atoms with Crippen LogP contribution in [0.2, 0.25) is 0 Å². The molecule has 126 valence electrons. The summed E-state index contributed by atoms with van der Waals surface area (Å²) in [6.45, 7) is 1.50. The lowest BCUT2D eigenvalue weighted by Gasteiger charge is -2.12. The Labute approximate surface area is 131 Å². The van der Waals surface area contributed by atoms with Crippen LogP contribution in [-0.4, -0.2) is 38.9 Å². The molecule has 3 N–H and O–H groups in total. The van der Waals surface area contributed by atoms with Crippen molar-refractivity contribution in [2.45, 2.75) is 21.6 Å². The predicted octanol–water partition coefficient (Wildman–Crippen LogP) is 0.888. The van der Waals surface area contributed by atoms with Gasteiger partial charge in [0.15, 0.2) is 0 Å². The van der Waals surface area contributed by atoms with Gasteiger partial charge in [-0.25, -0.2) is 0 Å². The molecule has 0 amide bonds. The van der Waals surface area contributed by atoms with Gasteiger partial charge in [0.25, 0.3) is 30.4 Å². The molecule has 2 aromatic rings. The summed E-state index contributed by atoms with van der Waals surface area (Å²) in [7, 11) is -15.3. The van der Waals surface area contributed by atoms with Gasteiger partial charge in [-0.15, -0.1) is 0 Å². The maximum atomic E-state index is 11.6. The Morgan fingerprint density at radius 3 is 1.65 bits per heavy atom. The minimum Gasteiger partial charge on any atom is -0.282 e. The molecule has 0 atom stereocenters. The molecule has 9 nitrogen and oxygen atoms in total. The maximum absolute atomic E-state index is 11.6. The molecule has 0 fully saturated rings. The first kappa shape index (κ1) is 17.8. The lowest BCUT2D eigenvalue weighted by Crippen LogP contribution is -2.12. The molecule has 0 heterocycles. The van der Waals surface area contributed by atoms with Gasteiger partial charge in [0, 0.05) is 10.8 Å². The molecule has 0 spiro atoms. The second kappa shape index (κ2) is 5.22. The number of hydrogen-bond acceptors (Lipinski definition) is 6. The second-order valence-corrected chi connectivity index (χ2v) is 8.81. The van der Waals surface area contributed by atoms with Crippen LogP contribution in [0.25, 0.3) is 10.8 Å². The summed E-state index contributed by atoms with van der Waals surface area (Å²) in [4.78, 5) is -3.45. The van der Waals surface area contributed by atoms with Crippen LogP contribution >= 0.6 is 0 Å². The van der Waals surface area contributed by atoms with Crippen molar-refractivity contribution >= 4 is 41.1 Å². The maximum Gasteiger partial charge on any atom is 0.296 e. The van der Waals surface area contributed by atoms with E-state index < -0.39 is 50.4 Å². The Balaban J connectivity index is 3.31. The fraction of sp³-hybridized carbons (Fsp3) is 0.0909. The van der Waals surface area contributed by atoms with Gasteiger partial charge in [-0.2, -0.15) is 25.3 Å². The predicted molar refractivity (Wildman–Crippen MR) is 78.1 cm³/mol. The third kappa shape index (κ3) is 3.36. The van der Waals surface area contributed by atoms with E-state index in [1.165, 1.54) is 13.0 Å². The van der Waals surface area contributed by atoms with Gasteiger partial charge in [0.05, 0.1) is 0 Å².